The Hall–Kier alpha value is -1.13. The molecule has 1 unspecified atom stereocenters. The van der Waals surface area contributed by atoms with E-state index in [-0.39, 0.29) is 11.9 Å². The molecule has 0 saturated heterocycles. The normalized spacial score (nSPS) is 12.1. The Kier molecular flexibility index (Phi) is 3.97. The van der Waals surface area contributed by atoms with E-state index in [1.807, 2.05) is 35.9 Å². The quantitative estimate of drug-likeness (QED) is 0.912. The van der Waals surface area contributed by atoms with E-state index in [0.29, 0.717) is 5.56 Å². The van der Waals surface area contributed by atoms with Crippen LogP contribution in [-0.2, 0) is 0 Å². The molecule has 0 saturated carbocycles. The lowest BCUT2D eigenvalue weighted by molar-refractivity contribution is 0.0940. The topological polar surface area (TPSA) is 29.1 Å². The fourth-order valence-corrected chi connectivity index (χ4v) is 2.50. The molecule has 0 aliphatic heterocycles. The highest BCUT2D eigenvalue weighted by Gasteiger charge is 2.11. The maximum Gasteiger partial charge on any atom is 0.251 e. The number of amides is 1. The first kappa shape index (κ1) is 12.3. The van der Waals surface area contributed by atoms with Gasteiger partial charge in [-0.25, -0.2) is 0 Å². The molecular weight excluding hydrogens is 298 g/mol. The zero-order valence-corrected chi connectivity index (χ0v) is 11.7. The third kappa shape index (κ3) is 3.17. The summed E-state index contributed by atoms with van der Waals surface area (Å²) in [6, 6.07) is 9.41. The van der Waals surface area contributed by atoms with Crippen molar-refractivity contribution in [3.8, 4) is 0 Å². The molecule has 1 atom stereocenters. The molecule has 1 amide bonds. The van der Waals surface area contributed by atoms with E-state index in [1.165, 1.54) is 0 Å². The van der Waals surface area contributed by atoms with E-state index in [2.05, 4.69) is 21.2 Å². The number of benzene rings is 1. The predicted octanol–water partition coefficient (Wildman–Crippen LogP) is 4.00. The first-order valence-electron chi connectivity index (χ1n) is 5.25. The van der Waals surface area contributed by atoms with Crippen LogP contribution in [0.25, 0.3) is 0 Å². The Balaban J connectivity index is 2.04. The number of hydrogen-bond donors (Lipinski definition) is 1. The Bertz CT molecular complexity index is 493. The van der Waals surface area contributed by atoms with Crippen LogP contribution in [0, 0.1) is 0 Å². The van der Waals surface area contributed by atoms with Gasteiger partial charge in [0, 0.05) is 10.0 Å². The van der Waals surface area contributed by atoms with E-state index in [9.17, 15) is 4.79 Å². The fourth-order valence-electron chi connectivity index (χ4n) is 1.49. The molecule has 0 spiro atoms. The number of nitrogens with one attached hydrogen (secondary N) is 1. The maximum absolute atomic E-state index is 11.9. The number of rotatable bonds is 3. The van der Waals surface area contributed by atoms with Gasteiger partial charge in [-0.05, 0) is 53.6 Å². The largest absolute Gasteiger partial charge is 0.345 e. The van der Waals surface area contributed by atoms with Crippen molar-refractivity contribution in [1.29, 1.82) is 0 Å². The molecule has 0 radical (unpaired) electrons. The van der Waals surface area contributed by atoms with Gasteiger partial charge in [-0.15, -0.1) is 0 Å². The van der Waals surface area contributed by atoms with Gasteiger partial charge in [0.25, 0.3) is 5.91 Å². The highest BCUT2D eigenvalue weighted by Crippen LogP contribution is 2.16. The first-order chi connectivity index (χ1) is 8.16. The Labute approximate surface area is 113 Å². The van der Waals surface area contributed by atoms with Gasteiger partial charge in [0.1, 0.15) is 0 Å². The van der Waals surface area contributed by atoms with E-state index in [1.54, 1.807) is 23.5 Å². The van der Waals surface area contributed by atoms with Crippen LogP contribution < -0.4 is 5.32 Å². The Morgan fingerprint density at radius 1 is 1.29 bits per heavy atom. The summed E-state index contributed by atoms with van der Waals surface area (Å²) in [6.45, 7) is 1.98. The number of carbonyl (C=O) groups is 1. The third-order valence-corrected chi connectivity index (χ3v) is 3.73. The van der Waals surface area contributed by atoms with Crippen molar-refractivity contribution in [1.82, 2.24) is 5.32 Å². The van der Waals surface area contributed by atoms with Crippen molar-refractivity contribution in [3.05, 3.63) is 56.7 Å². The number of halogens is 1. The zero-order valence-electron chi connectivity index (χ0n) is 9.31. The maximum atomic E-state index is 11.9. The van der Waals surface area contributed by atoms with Crippen LogP contribution in [0.2, 0.25) is 0 Å². The lowest BCUT2D eigenvalue weighted by Gasteiger charge is -2.12. The summed E-state index contributed by atoms with van der Waals surface area (Å²) in [5.74, 6) is -0.0452. The molecule has 4 heteroatoms. The highest BCUT2D eigenvalue weighted by molar-refractivity contribution is 9.10. The van der Waals surface area contributed by atoms with Crippen molar-refractivity contribution < 1.29 is 4.79 Å². The molecule has 2 aromatic rings. The predicted molar refractivity (Wildman–Crippen MR) is 74.3 cm³/mol. The molecular formula is C13H12BrNOS. The van der Waals surface area contributed by atoms with Gasteiger partial charge in [0.15, 0.2) is 0 Å². The highest BCUT2D eigenvalue weighted by atomic mass is 79.9. The monoisotopic (exact) mass is 309 g/mol. The van der Waals surface area contributed by atoms with E-state index in [0.717, 1.165) is 10.0 Å². The minimum atomic E-state index is -0.0452. The van der Waals surface area contributed by atoms with Gasteiger partial charge >= 0.3 is 0 Å². The summed E-state index contributed by atoms with van der Waals surface area (Å²) < 4.78 is 0.972. The molecule has 0 bridgehead atoms. The van der Waals surface area contributed by atoms with Crippen LogP contribution >= 0.6 is 27.3 Å². The lowest BCUT2D eigenvalue weighted by Crippen LogP contribution is -2.26. The standard InChI is InChI=1S/C13H12BrNOS/c1-9(11-6-7-17-8-11)15-13(16)10-2-4-12(14)5-3-10/h2-9H,1H3,(H,15,16). The van der Waals surface area contributed by atoms with Crippen molar-refractivity contribution >= 4 is 33.2 Å². The second-order valence-electron chi connectivity index (χ2n) is 3.76. The SMILES string of the molecule is CC(NC(=O)c1ccc(Br)cc1)c1ccsc1. The summed E-state index contributed by atoms with van der Waals surface area (Å²) in [4.78, 5) is 11.9. The minimum absolute atomic E-state index is 0.0393. The molecule has 1 aromatic carbocycles. The van der Waals surface area contributed by atoms with E-state index in [4.69, 9.17) is 0 Å². The van der Waals surface area contributed by atoms with Crippen molar-refractivity contribution in [2.75, 3.05) is 0 Å². The van der Waals surface area contributed by atoms with Gasteiger partial charge in [0.05, 0.1) is 6.04 Å². The molecule has 1 N–H and O–H groups in total. The van der Waals surface area contributed by atoms with Gasteiger partial charge in [-0.1, -0.05) is 15.9 Å². The fraction of sp³-hybridized carbons (Fsp3) is 0.154. The minimum Gasteiger partial charge on any atom is -0.345 e. The molecule has 2 rings (SSSR count). The molecule has 1 aromatic heterocycles. The number of thiophene rings is 1. The van der Waals surface area contributed by atoms with Gasteiger partial charge in [-0.2, -0.15) is 11.3 Å². The van der Waals surface area contributed by atoms with Crippen LogP contribution in [0.15, 0.2) is 45.6 Å². The van der Waals surface area contributed by atoms with Crippen LogP contribution in [0.4, 0.5) is 0 Å². The molecule has 1 heterocycles. The van der Waals surface area contributed by atoms with Crippen LogP contribution in [0.5, 0.6) is 0 Å². The Morgan fingerprint density at radius 3 is 2.59 bits per heavy atom. The molecule has 2 nitrogen and oxygen atoms in total. The van der Waals surface area contributed by atoms with Crippen LogP contribution in [0.3, 0.4) is 0 Å². The molecule has 0 fully saturated rings. The molecule has 0 aliphatic carbocycles. The Morgan fingerprint density at radius 2 is 2.00 bits per heavy atom. The summed E-state index contributed by atoms with van der Waals surface area (Å²) in [6.07, 6.45) is 0. The molecule has 88 valence electrons. The van der Waals surface area contributed by atoms with Gasteiger partial charge in [-0.3, -0.25) is 4.79 Å². The molecule has 0 aliphatic rings. The lowest BCUT2D eigenvalue weighted by atomic mass is 10.1. The van der Waals surface area contributed by atoms with Crippen LogP contribution in [-0.4, -0.2) is 5.91 Å². The number of hydrogen-bond acceptors (Lipinski definition) is 2. The third-order valence-electron chi connectivity index (χ3n) is 2.50. The van der Waals surface area contributed by atoms with Gasteiger partial charge in [0.2, 0.25) is 0 Å². The second-order valence-corrected chi connectivity index (χ2v) is 5.45. The van der Waals surface area contributed by atoms with Crippen molar-refractivity contribution in [2.45, 2.75) is 13.0 Å². The molecule has 17 heavy (non-hydrogen) atoms. The summed E-state index contributed by atoms with van der Waals surface area (Å²) >= 11 is 4.98. The first-order valence-corrected chi connectivity index (χ1v) is 6.99. The zero-order chi connectivity index (χ0) is 12.3. The second kappa shape index (κ2) is 5.47. The van der Waals surface area contributed by atoms with Crippen molar-refractivity contribution in [3.63, 3.8) is 0 Å². The summed E-state index contributed by atoms with van der Waals surface area (Å²) in [5.41, 5.74) is 1.82. The van der Waals surface area contributed by atoms with Gasteiger partial charge < -0.3 is 5.32 Å². The summed E-state index contributed by atoms with van der Waals surface area (Å²) in [5, 5.41) is 7.03. The smallest absolute Gasteiger partial charge is 0.251 e. The van der Waals surface area contributed by atoms with E-state index >= 15 is 0 Å². The van der Waals surface area contributed by atoms with Crippen LogP contribution in [0.1, 0.15) is 28.9 Å². The summed E-state index contributed by atoms with van der Waals surface area (Å²) in [7, 11) is 0. The number of carbonyl (C=O) groups excluding carboxylic acids is 1. The average molecular weight is 310 g/mol. The van der Waals surface area contributed by atoms with Crippen molar-refractivity contribution in [2.24, 2.45) is 0 Å². The average Bonchev–Trinajstić information content (AvgIpc) is 2.83. The van der Waals surface area contributed by atoms with E-state index < -0.39 is 0 Å².